The van der Waals surface area contributed by atoms with Crippen LogP contribution in [0.5, 0.6) is 0 Å². The van der Waals surface area contributed by atoms with Crippen molar-refractivity contribution in [2.45, 2.75) is 161 Å². The Morgan fingerprint density at radius 1 is 0.575 bits per heavy atom. The van der Waals surface area contributed by atoms with E-state index < -0.39 is 0 Å². The smallest absolute Gasteiger partial charge is 0.305 e. The van der Waals surface area contributed by atoms with Crippen molar-refractivity contribution in [2.75, 3.05) is 33.8 Å². The summed E-state index contributed by atoms with van der Waals surface area (Å²) in [6, 6.07) is 10.9. The fraction of sp³-hybridized carbons (Fsp3) is 0.811. The highest BCUT2D eigenvalue weighted by molar-refractivity contribution is 5.69. The predicted molar refractivity (Wildman–Crippen MR) is 175 cm³/mol. The van der Waals surface area contributed by atoms with E-state index in [9.17, 15) is 4.79 Å². The molecule has 0 aliphatic rings. The monoisotopic (exact) mass is 559 g/mol. The van der Waals surface area contributed by atoms with Gasteiger partial charge in [-0.15, -0.1) is 0 Å². The predicted octanol–water partition coefficient (Wildman–Crippen LogP) is 10.8. The molecule has 0 aliphatic carbocycles. The maximum atomic E-state index is 12.1. The Hall–Kier alpha value is -1.35. The summed E-state index contributed by atoms with van der Waals surface area (Å²) in [5.74, 6) is 0.00250. The van der Waals surface area contributed by atoms with Gasteiger partial charge in [0.25, 0.3) is 0 Å². The Morgan fingerprint density at radius 2 is 1.02 bits per heavy atom. The molecule has 0 fully saturated rings. The van der Waals surface area contributed by atoms with Crippen LogP contribution in [0.15, 0.2) is 30.3 Å². The topological polar surface area (TPSA) is 26.3 Å². The van der Waals surface area contributed by atoms with Crippen LogP contribution in [0, 0.1) is 0 Å². The molecule has 0 unspecified atom stereocenters. The fourth-order valence-electron chi connectivity index (χ4n) is 5.63. The largest absolute Gasteiger partial charge is 0.460 e. The number of ether oxygens (including phenoxy) is 1. The van der Waals surface area contributed by atoms with Crippen molar-refractivity contribution in [2.24, 2.45) is 0 Å². The zero-order valence-electron chi connectivity index (χ0n) is 27.2. The molecule has 1 aromatic rings. The molecule has 0 N–H and O–H groups in total. The fourth-order valence-corrected chi connectivity index (χ4v) is 5.63. The maximum absolute atomic E-state index is 12.1. The summed E-state index contributed by atoms with van der Waals surface area (Å²) in [6.07, 6.45) is 31.3. The molecule has 0 aromatic heterocycles. The van der Waals surface area contributed by atoms with Crippen LogP contribution >= 0.6 is 0 Å². The Labute approximate surface area is 250 Å². The van der Waals surface area contributed by atoms with E-state index in [1.54, 1.807) is 0 Å². The van der Waals surface area contributed by atoms with Gasteiger partial charge in [-0.2, -0.15) is 0 Å². The van der Waals surface area contributed by atoms with Crippen LogP contribution in [0.1, 0.15) is 160 Å². The van der Waals surface area contributed by atoms with Gasteiger partial charge >= 0.3 is 5.97 Å². The summed E-state index contributed by atoms with van der Waals surface area (Å²) >= 11 is 0. The molecule has 0 amide bonds. The second-order valence-electron chi connectivity index (χ2n) is 13.0. The molecule has 0 atom stereocenters. The van der Waals surface area contributed by atoms with Gasteiger partial charge < -0.3 is 9.22 Å². The summed E-state index contributed by atoms with van der Waals surface area (Å²) in [5, 5.41) is 0. The average Bonchev–Trinajstić information content (AvgIpc) is 2.94. The first-order valence-corrected chi connectivity index (χ1v) is 17.5. The number of hydrogen-bond donors (Lipinski definition) is 0. The van der Waals surface area contributed by atoms with E-state index in [4.69, 9.17) is 4.74 Å². The first kappa shape index (κ1) is 36.7. The third-order valence-corrected chi connectivity index (χ3v) is 8.52. The minimum atomic E-state index is 0.00250. The van der Waals surface area contributed by atoms with E-state index in [1.807, 2.05) is 0 Å². The molecule has 0 radical (unpaired) electrons. The normalized spacial score (nSPS) is 11.7. The number of aryl methyl sites for hydroxylation is 1. The quantitative estimate of drug-likeness (QED) is 0.0555. The first-order valence-electron chi connectivity index (χ1n) is 17.5. The van der Waals surface area contributed by atoms with E-state index in [1.165, 1.54) is 147 Å². The van der Waals surface area contributed by atoms with E-state index in [0.29, 0.717) is 13.0 Å². The third-order valence-electron chi connectivity index (χ3n) is 8.52. The summed E-state index contributed by atoms with van der Waals surface area (Å²) in [6.45, 7) is 4.96. The number of esters is 1. The Balaban J connectivity index is 1.80. The minimum Gasteiger partial charge on any atom is -0.460 e. The van der Waals surface area contributed by atoms with Crippen molar-refractivity contribution in [3.05, 3.63) is 35.9 Å². The van der Waals surface area contributed by atoms with Gasteiger partial charge in [-0.3, -0.25) is 4.79 Å². The highest BCUT2D eigenvalue weighted by atomic mass is 16.5. The van der Waals surface area contributed by atoms with Gasteiger partial charge in [-0.25, -0.2) is 0 Å². The van der Waals surface area contributed by atoms with Crippen LogP contribution in [0.3, 0.4) is 0 Å². The molecule has 0 bridgehead atoms. The SMILES string of the molecule is CCCCCCCCCCCC[N+](C)(C)CCOC(=O)CCCCCCCCCCCCCCc1ccccc1. The van der Waals surface area contributed by atoms with Gasteiger partial charge in [0, 0.05) is 6.42 Å². The molecule has 1 rings (SSSR count). The number of nitrogens with zero attached hydrogens (tertiary/aromatic N) is 1. The number of unbranched alkanes of at least 4 members (excludes halogenated alkanes) is 20. The van der Waals surface area contributed by atoms with Crippen LogP contribution in [-0.2, 0) is 16.0 Å². The van der Waals surface area contributed by atoms with Gasteiger partial charge in [-0.1, -0.05) is 153 Å². The van der Waals surface area contributed by atoms with E-state index in [0.717, 1.165) is 23.9 Å². The Bertz CT molecular complexity index is 672. The van der Waals surface area contributed by atoms with Gasteiger partial charge in [-0.05, 0) is 37.7 Å². The minimum absolute atomic E-state index is 0.00250. The maximum Gasteiger partial charge on any atom is 0.305 e. The zero-order chi connectivity index (χ0) is 29.0. The highest BCUT2D eigenvalue weighted by Gasteiger charge is 2.15. The van der Waals surface area contributed by atoms with Crippen LogP contribution in [-0.4, -0.2) is 44.2 Å². The number of quaternary nitrogens is 1. The molecular weight excluding hydrogens is 490 g/mol. The highest BCUT2D eigenvalue weighted by Crippen LogP contribution is 2.15. The number of carbonyl (C=O) groups excluding carboxylic acids is 1. The van der Waals surface area contributed by atoms with Crippen molar-refractivity contribution in [1.82, 2.24) is 0 Å². The van der Waals surface area contributed by atoms with Gasteiger partial charge in [0.05, 0.1) is 20.6 Å². The first-order chi connectivity index (χ1) is 19.5. The molecule has 0 saturated heterocycles. The van der Waals surface area contributed by atoms with Crippen molar-refractivity contribution >= 4 is 5.97 Å². The molecular formula is C37H68NO2+. The molecule has 3 nitrogen and oxygen atoms in total. The summed E-state index contributed by atoms with van der Waals surface area (Å²) < 4.78 is 6.51. The molecule has 0 spiro atoms. The van der Waals surface area contributed by atoms with Crippen LogP contribution < -0.4 is 0 Å². The standard InChI is InChI=1S/C37H68NO2/c1-4-5-6-7-8-9-16-19-22-28-33-38(2,3)34-35-40-37(39)32-27-21-18-15-13-11-10-12-14-17-20-24-29-36-30-25-23-26-31-36/h23,25-26,30-31H,4-22,24,27-29,32-35H2,1-3H3/q+1. The lowest BCUT2D eigenvalue weighted by atomic mass is 10.0. The van der Waals surface area contributed by atoms with Gasteiger partial charge in [0.2, 0.25) is 0 Å². The number of hydrogen-bond acceptors (Lipinski definition) is 2. The molecule has 0 saturated carbocycles. The van der Waals surface area contributed by atoms with Gasteiger partial charge in [0.15, 0.2) is 0 Å². The van der Waals surface area contributed by atoms with Crippen molar-refractivity contribution < 1.29 is 14.0 Å². The number of likely N-dealkylation sites (N-methyl/N-ethyl adjacent to an activating group) is 1. The van der Waals surface area contributed by atoms with Gasteiger partial charge in [0.1, 0.15) is 13.2 Å². The summed E-state index contributed by atoms with van der Waals surface area (Å²) in [4.78, 5) is 12.1. The number of benzene rings is 1. The summed E-state index contributed by atoms with van der Waals surface area (Å²) in [7, 11) is 4.55. The second kappa shape index (κ2) is 26.5. The van der Waals surface area contributed by atoms with Crippen LogP contribution in [0.25, 0.3) is 0 Å². The van der Waals surface area contributed by atoms with E-state index >= 15 is 0 Å². The third kappa shape index (κ3) is 24.4. The Morgan fingerprint density at radius 3 is 1.55 bits per heavy atom. The van der Waals surface area contributed by atoms with Crippen LogP contribution in [0.4, 0.5) is 0 Å². The van der Waals surface area contributed by atoms with Crippen molar-refractivity contribution in [1.29, 1.82) is 0 Å². The number of carbonyl (C=O) groups is 1. The van der Waals surface area contributed by atoms with Crippen LogP contribution in [0.2, 0.25) is 0 Å². The molecule has 40 heavy (non-hydrogen) atoms. The molecule has 1 aromatic carbocycles. The lowest BCUT2D eigenvalue weighted by Crippen LogP contribution is -2.43. The van der Waals surface area contributed by atoms with E-state index in [-0.39, 0.29) is 5.97 Å². The zero-order valence-corrected chi connectivity index (χ0v) is 27.2. The molecule has 0 heterocycles. The number of rotatable bonds is 29. The van der Waals surface area contributed by atoms with Crippen molar-refractivity contribution in [3.8, 4) is 0 Å². The molecule has 3 heteroatoms. The lowest BCUT2D eigenvalue weighted by Gasteiger charge is -2.29. The van der Waals surface area contributed by atoms with E-state index in [2.05, 4.69) is 51.4 Å². The summed E-state index contributed by atoms with van der Waals surface area (Å²) in [5.41, 5.74) is 1.48. The lowest BCUT2D eigenvalue weighted by molar-refractivity contribution is -0.890. The van der Waals surface area contributed by atoms with Crippen molar-refractivity contribution in [3.63, 3.8) is 0 Å². The molecule has 0 aliphatic heterocycles. The average molecular weight is 559 g/mol. The molecule has 232 valence electrons. The second-order valence-corrected chi connectivity index (χ2v) is 13.0. The Kier molecular flexibility index (Phi) is 24.3.